The van der Waals surface area contributed by atoms with Gasteiger partial charge in [0, 0.05) is 6.54 Å². The van der Waals surface area contributed by atoms with Crippen LogP contribution < -0.4 is 5.32 Å². The zero-order chi connectivity index (χ0) is 7.52. The lowest BCUT2D eigenvalue weighted by atomic mass is 10.1. The van der Waals surface area contributed by atoms with Crippen LogP contribution in [0.2, 0.25) is 0 Å². The number of aromatic nitrogens is 2. The topological polar surface area (TPSA) is 40.7 Å². The summed E-state index contributed by atoms with van der Waals surface area (Å²) < 4.78 is 0. The van der Waals surface area contributed by atoms with Crippen LogP contribution in [0.5, 0.6) is 0 Å². The van der Waals surface area contributed by atoms with Crippen molar-refractivity contribution in [2.24, 2.45) is 0 Å². The van der Waals surface area contributed by atoms with E-state index in [1.54, 1.807) is 6.33 Å². The van der Waals surface area contributed by atoms with Gasteiger partial charge in [-0.2, -0.15) is 0 Å². The van der Waals surface area contributed by atoms with Crippen LogP contribution in [0.3, 0.4) is 0 Å². The first-order valence-electron chi connectivity index (χ1n) is 3.85. The summed E-state index contributed by atoms with van der Waals surface area (Å²) in [6.07, 6.45) is 6.90. The lowest BCUT2D eigenvalue weighted by molar-refractivity contribution is 0.737. The predicted molar refractivity (Wildman–Crippen MR) is 44.1 cm³/mol. The first kappa shape index (κ1) is 6.61. The molecule has 11 heavy (non-hydrogen) atoms. The third-order valence-corrected chi connectivity index (χ3v) is 1.91. The molecule has 0 fully saturated rings. The van der Waals surface area contributed by atoms with Crippen molar-refractivity contribution in [3.8, 4) is 0 Å². The minimum atomic E-state index is 0.981. The Labute approximate surface area is 65.5 Å². The van der Waals surface area contributed by atoms with E-state index in [0.29, 0.717) is 0 Å². The third kappa shape index (κ3) is 1.33. The second kappa shape index (κ2) is 2.88. The predicted octanol–water partition coefficient (Wildman–Crippen LogP) is 0.786. The number of H-pyrrole nitrogens is 1. The number of hydrogen-bond acceptors (Lipinski definition) is 2. The summed E-state index contributed by atoms with van der Waals surface area (Å²) in [7, 11) is 0. The Hall–Kier alpha value is -1.09. The van der Waals surface area contributed by atoms with Crippen LogP contribution in [0.1, 0.15) is 12.1 Å². The number of nitrogens with one attached hydrogen (secondary N) is 2. The molecule has 0 radical (unpaired) electrons. The Morgan fingerprint density at radius 3 is 3.09 bits per heavy atom. The van der Waals surface area contributed by atoms with Crippen LogP contribution in [-0.2, 0) is 0 Å². The molecule has 0 spiro atoms. The van der Waals surface area contributed by atoms with Crippen LogP contribution in [0, 0.1) is 0 Å². The number of nitrogens with zero attached hydrogens (tertiary/aromatic N) is 1. The number of aromatic amines is 1. The van der Waals surface area contributed by atoms with E-state index in [9.17, 15) is 0 Å². The second-order valence-corrected chi connectivity index (χ2v) is 2.65. The summed E-state index contributed by atoms with van der Waals surface area (Å²) >= 11 is 0. The van der Waals surface area contributed by atoms with Crippen molar-refractivity contribution in [2.75, 3.05) is 13.1 Å². The van der Waals surface area contributed by atoms with E-state index in [-0.39, 0.29) is 0 Å². The van der Waals surface area contributed by atoms with Crippen LogP contribution in [-0.4, -0.2) is 23.1 Å². The molecule has 2 N–H and O–H groups in total. The minimum Gasteiger partial charge on any atom is -0.345 e. The Morgan fingerprint density at radius 2 is 2.45 bits per heavy atom. The van der Waals surface area contributed by atoms with Crippen molar-refractivity contribution in [2.45, 2.75) is 6.42 Å². The van der Waals surface area contributed by atoms with Crippen molar-refractivity contribution in [1.29, 1.82) is 0 Å². The molecule has 0 atom stereocenters. The van der Waals surface area contributed by atoms with Gasteiger partial charge in [0.25, 0.3) is 0 Å². The monoisotopic (exact) mass is 149 g/mol. The zero-order valence-electron chi connectivity index (χ0n) is 6.30. The summed E-state index contributed by atoms with van der Waals surface area (Å²) in [6.45, 7) is 2.05. The van der Waals surface area contributed by atoms with E-state index in [2.05, 4.69) is 21.4 Å². The molecule has 0 amide bonds. The molecule has 0 bridgehead atoms. The van der Waals surface area contributed by atoms with Crippen molar-refractivity contribution in [3.05, 3.63) is 24.3 Å². The molecule has 2 heterocycles. The van der Waals surface area contributed by atoms with Gasteiger partial charge in [-0.15, -0.1) is 0 Å². The highest BCUT2D eigenvalue weighted by Gasteiger charge is 2.05. The molecule has 58 valence electrons. The van der Waals surface area contributed by atoms with Crippen molar-refractivity contribution in [3.63, 3.8) is 0 Å². The maximum Gasteiger partial charge on any atom is 0.0924 e. The summed E-state index contributed by atoms with van der Waals surface area (Å²) in [5, 5.41) is 3.27. The number of imidazole rings is 1. The molecule has 2 rings (SSSR count). The summed E-state index contributed by atoms with van der Waals surface area (Å²) in [6, 6.07) is 0. The maximum absolute atomic E-state index is 3.98. The van der Waals surface area contributed by atoms with Gasteiger partial charge >= 0.3 is 0 Å². The third-order valence-electron chi connectivity index (χ3n) is 1.91. The fraction of sp³-hybridized carbons (Fsp3) is 0.375. The first-order chi connectivity index (χ1) is 5.47. The Bertz CT molecular complexity index is 248. The van der Waals surface area contributed by atoms with E-state index in [1.807, 2.05) is 6.20 Å². The fourth-order valence-corrected chi connectivity index (χ4v) is 1.30. The molecular formula is C8H11N3. The molecule has 3 heteroatoms. The number of hydrogen-bond donors (Lipinski definition) is 2. The summed E-state index contributed by atoms with van der Waals surface area (Å²) in [5.74, 6) is 0. The van der Waals surface area contributed by atoms with Gasteiger partial charge in [-0.05, 0) is 18.5 Å². The molecule has 1 aromatic heterocycles. The minimum absolute atomic E-state index is 0.981. The molecule has 0 saturated heterocycles. The highest BCUT2D eigenvalue weighted by atomic mass is 14.9. The van der Waals surface area contributed by atoms with Crippen LogP contribution in [0.15, 0.2) is 18.6 Å². The lowest BCUT2D eigenvalue weighted by Crippen LogP contribution is -2.20. The van der Waals surface area contributed by atoms with Crippen LogP contribution in [0.25, 0.3) is 5.57 Å². The Morgan fingerprint density at radius 1 is 1.45 bits per heavy atom. The molecule has 0 saturated carbocycles. The van der Waals surface area contributed by atoms with Gasteiger partial charge < -0.3 is 10.3 Å². The molecule has 1 aliphatic heterocycles. The van der Waals surface area contributed by atoms with Gasteiger partial charge in [0.2, 0.25) is 0 Å². The van der Waals surface area contributed by atoms with E-state index in [4.69, 9.17) is 0 Å². The largest absolute Gasteiger partial charge is 0.345 e. The molecule has 1 aliphatic rings. The van der Waals surface area contributed by atoms with Crippen molar-refractivity contribution in [1.82, 2.24) is 15.3 Å². The first-order valence-corrected chi connectivity index (χ1v) is 3.85. The summed E-state index contributed by atoms with van der Waals surface area (Å²) in [5.41, 5.74) is 2.53. The normalized spacial score (nSPS) is 18.0. The van der Waals surface area contributed by atoms with Gasteiger partial charge in [0.05, 0.1) is 18.2 Å². The van der Waals surface area contributed by atoms with E-state index in [0.717, 1.165) is 25.2 Å². The SMILES string of the molecule is C1=C(c2cnc[nH]2)CCNC1. The average molecular weight is 149 g/mol. The zero-order valence-corrected chi connectivity index (χ0v) is 6.30. The maximum atomic E-state index is 3.98. The standard InChI is InChI=1S/C8H11N3/c1-3-9-4-2-7(1)8-5-10-6-11-8/h1,5-6,9H,2-4H2,(H,10,11). The van der Waals surface area contributed by atoms with E-state index < -0.39 is 0 Å². The van der Waals surface area contributed by atoms with E-state index in [1.165, 1.54) is 5.57 Å². The average Bonchev–Trinajstić information content (AvgIpc) is 2.58. The highest BCUT2D eigenvalue weighted by molar-refractivity contribution is 5.62. The van der Waals surface area contributed by atoms with Gasteiger partial charge in [0.15, 0.2) is 0 Å². The number of rotatable bonds is 1. The van der Waals surface area contributed by atoms with Crippen LogP contribution in [0.4, 0.5) is 0 Å². The highest BCUT2D eigenvalue weighted by Crippen LogP contribution is 2.15. The van der Waals surface area contributed by atoms with Gasteiger partial charge in [-0.1, -0.05) is 6.08 Å². The molecule has 3 nitrogen and oxygen atoms in total. The van der Waals surface area contributed by atoms with Crippen molar-refractivity contribution < 1.29 is 0 Å². The van der Waals surface area contributed by atoms with Crippen molar-refractivity contribution >= 4 is 5.57 Å². The molecule has 1 aromatic rings. The van der Waals surface area contributed by atoms with Gasteiger partial charge in [-0.25, -0.2) is 4.98 Å². The molecular weight excluding hydrogens is 138 g/mol. The molecule has 0 unspecified atom stereocenters. The Kier molecular flexibility index (Phi) is 1.73. The van der Waals surface area contributed by atoms with Crippen LogP contribution >= 0.6 is 0 Å². The smallest absolute Gasteiger partial charge is 0.0924 e. The van der Waals surface area contributed by atoms with Gasteiger partial charge in [-0.3, -0.25) is 0 Å². The van der Waals surface area contributed by atoms with E-state index >= 15 is 0 Å². The quantitative estimate of drug-likeness (QED) is 0.619. The van der Waals surface area contributed by atoms with Gasteiger partial charge in [0.1, 0.15) is 0 Å². The second-order valence-electron chi connectivity index (χ2n) is 2.65. The fourth-order valence-electron chi connectivity index (χ4n) is 1.30. The summed E-state index contributed by atoms with van der Waals surface area (Å²) in [4.78, 5) is 7.08. The molecule has 0 aromatic carbocycles. The molecule has 0 aliphatic carbocycles. The Balaban J connectivity index is 2.22. The lowest BCUT2D eigenvalue weighted by Gasteiger charge is -2.11.